The van der Waals surface area contributed by atoms with Gasteiger partial charge >= 0.3 is 6.18 Å². The highest BCUT2D eigenvalue weighted by molar-refractivity contribution is 5.94. The summed E-state index contributed by atoms with van der Waals surface area (Å²) < 4.78 is 41.4. The Morgan fingerprint density at radius 1 is 1.21 bits per heavy atom. The van der Waals surface area contributed by atoms with Crippen LogP contribution in [0.4, 0.5) is 13.2 Å². The molecule has 0 saturated carbocycles. The summed E-state index contributed by atoms with van der Waals surface area (Å²) in [5, 5.41) is 4.02. The number of amides is 1. The number of carbonyl (C=O) groups excluding carboxylic acids is 1. The van der Waals surface area contributed by atoms with E-state index >= 15 is 0 Å². The highest BCUT2D eigenvalue weighted by atomic mass is 19.4. The highest BCUT2D eigenvalue weighted by Crippen LogP contribution is 2.32. The molecular weight excluding hydrogens is 321 g/mol. The standard InChI is InChI=1S/C16H17F3N4O/c17-16(18,19)13-5-2-1-3-9-22(13)15(24)12-6-8-20-14(11-12)23-10-4-7-21-23/h4,6-8,10-11,13H,1-3,5,9H2. The molecule has 2 aromatic rings. The smallest absolute Gasteiger partial charge is 0.327 e. The Kier molecular flexibility index (Phi) is 4.55. The molecule has 3 heterocycles. The summed E-state index contributed by atoms with van der Waals surface area (Å²) in [6.45, 7) is 0.114. The van der Waals surface area contributed by atoms with Crippen LogP contribution in [0.5, 0.6) is 0 Å². The molecule has 5 nitrogen and oxygen atoms in total. The van der Waals surface area contributed by atoms with Crippen LogP contribution >= 0.6 is 0 Å². The third kappa shape index (κ3) is 3.42. The summed E-state index contributed by atoms with van der Waals surface area (Å²) >= 11 is 0. The number of pyridine rings is 1. The monoisotopic (exact) mass is 338 g/mol. The van der Waals surface area contributed by atoms with Crippen LogP contribution in [0.1, 0.15) is 36.0 Å². The van der Waals surface area contributed by atoms with E-state index in [2.05, 4.69) is 10.1 Å². The first-order chi connectivity index (χ1) is 11.5. The molecule has 8 heteroatoms. The van der Waals surface area contributed by atoms with Gasteiger partial charge in [0.25, 0.3) is 5.91 Å². The topological polar surface area (TPSA) is 51.0 Å². The number of likely N-dealkylation sites (tertiary alicyclic amines) is 1. The van der Waals surface area contributed by atoms with Crippen LogP contribution in [0, 0.1) is 0 Å². The van der Waals surface area contributed by atoms with Crippen molar-refractivity contribution in [3.8, 4) is 5.82 Å². The second-order valence-electron chi connectivity index (χ2n) is 5.76. The van der Waals surface area contributed by atoms with Crippen molar-refractivity contribution in [3.05, 3.63) is 42.4 Å². The summed E-state index contributed by atoms with van der Waals surface area (Å²) in [5.41, 5.74) is 0.187. The molecule has 1 amide bonds. The fraction of sp³-hybridized carbons (Fsp3) is 0.438. The fourth-order valence-corrected chi connectivity index (χ4v) is 2.94. The van der Waals surface area contributed by atoms with Gasteiger partial charge in [-0.3, -0.25) is 4.79 Å². The quantitative estimate of drug-likeness (QED) is 0.845. The second kappa shape index (κ2) is 6.62. The summed E-state index contributed by atoms with van der Waals surface area (Å²) in [4.78, 5) is 17.8. The molecule has 0 bridgehead atoms. The largest absolute Gasteiger partial charge is 0.408 e. The van der Waals surface area contributed by atoms with Crippen LogP contribution in [-0.4, -0.2) is 44.3 Å². The maximum absolute atomic E-state index is 13.3. The molecule has 2 aromatic heterocycles. The number of hydrogen-bond donors (Lipinski definition) is 0. The van der Waals surface area contributed by atoms with E-state index in [-0.39, 0.29) is 18.5 Å². The molecule has 0 aromatic carbocycles. The van der Waals surface area contributed by atoms with E-state index in [1.807, 2.05) is 0 Å². The summed E-state index contributed by atoms with van der Waals surface area (Å²) in [5.74, 6) is -0.223. The SMILES string of the molecule is O=C(c1ccnc(-n2cccn2)c1)N1CCCCCC1C(F)(F)F. The molecule has 128 valence electrons. The van der Waals surface area contributed by atoms with E-state index in [1.54, 1.807) is 18.5 Å². The van der Waals surface area contributed by atoms with E-state index in [0.717, 1.165) is 4.90 Å². The van der Waals surface area contributed by atoms with E-state index < -0.39 is 18.1 Å². The maximum Gasteiger partial charge on any atom is 0.408 e. The van der Waals surface area contributed by atoms with Crippen molar-refractivity contribution >= 4 is 5.91 Å². The lowest BCUT2D eigenvalue weighted by atomic mass is 10.1. The first-order valence-electron chi connectivity index (χ1n) is 7.80. The van der Waals surface area contributed by atoms with Crippen molar-refractivity contribution in [2.75, 3.05) is 6.54 Å². The van der Waals surface area contributed by atoms with Gasteiger partial charge in [-0.25, -0.2) is 9.67 Å². The molecule has 0 N–H and O–H groups in total. The number of rotatable bonds is 2. The number of hydrogen-bond acceptors (Lipinski definition) is 3. The second-order valence-corrected chi connectivity index (χ2v) is 5.76. The van der Waals surface area contributed by atoms with Gasteiger partial charge in [-0.1, -0.05) is 12.8 Å². The zero-order chi connectivity index (χ0) is 17.2. The average Bonchev–Trinajstić information content (AvgIpc) is 2.97. The van der Waals surface area contributed by atoms with Crippen molar-refractivity contribution in [1.82, 2.24) is 19.7 Å². The molecule has 1 unspecified atom stereocenters. The van der Waals surface area contributed by atoms with Crippen LogP contribution in [0.15, 0.2) is 36.8 Å². The van der Waals surface area contributed by atoms with Crippen molar-refractivity contribution in [1.29, 1.82) is 0 Å². The molecule has 24 heavy (non-hydrogen) atoms. The molecule has 1 aliphatic rings. The Labute approximate surface area is 137 Å². The fourth-order valence-electron chi connectivity index (χ4n) is 2.94. The van der Waals surface area contributed by atoms with Gasteiger partial charge in [0.1, 0.15) is 6.04 Å². The number of carbonyl (C=O) groups is 1. The van der Waals surface area contributed by atoms with Gasteiger partial charge in [0, 0.05) is 30.7 Å². The molecule has 3 rings (SSSR count). The minimum Gasteiger partial charge on any atom is -0.327 e. The van der Waals surface area contributed by atoms with Gasteiger partial charge in [-0.05, 0) is 31.0 Å². The Morgan fingerprint density at radius 2 is 2.04 bits per heavy atom. The summed E-state index contributed by atoms with van der Waals surface area (Å²) in [6, 6.07) is 2.88. The lowest BCUT2D eigenvalue weighted by Crippen LogP contribution is -2.48. The molecule has 1 aliphatic heterocycles. The molecule has 1 saturated heterocycles. The van der Waals surface area contributed by atoms with Crippen molar-refractivity contribution < 1.29 is 18.0 Å². The van der Waals surface area contributed by atoms with Crippen molar-refractivity contribution in [3.63, 3.8) is 0 Å². The van der Waals surface area contributed by atoms with Crippen LogP contribution < -0.4 is 0 Å². The van der Waals surface area contributed by atoms with Gasteiger partial charge in [-0.2, -0.15) is 18.3 Å². The van der Waals surface area contributed by atoms with Crippen LogP contribution in [0.2, 0.25) is 0 Å². The van der Waals surface area contributed by atoms with Crippen LogP contribution in [0.3, 0.4) is 0 Å². The summed E-state index contributed by atoms with van der Waals surface area (Å²) in [7, 11) is 0. The Hall–Kier alpha value is -2.38. The zero-order valence-corrected chi connectivity index (χ0v) is 12.9. The maximum atomic E-state index is 13.3. The normalized spacial score (nSPS) is 19.1. The molecular formula is C16H17F3N4O. The third-order valence-electron chi connectivity index (χ3n) is 4.12. The molecule has 0 aliphatic carbocycles. The Bertz CT molecular complexity index is 700. The first kappa shape index (κ1) is 16.5. The number of nitrogens with zero attached hydrogens (tertiary/aromatic N) is 4. The van der Waals surface area contributed by atoms with Crippen LogP contribution in [-0.2, 0) is 0 Å². The van der Waals surface area contributed by atoms with E-state index in [4.69, 9.17) is 0 Å². The van der Waals surface area contributed by atoms with Crippen LogP contribution in [0.25, 0.3) is 5.82 Å². The predicted octanol–water partition coefficient (Wildman–Crippen LogP) is 3.21. The molecule has 1 atom stereocenters. The van der Waals surface area contributed by atoms with Gasteiger partial charge in [0.05, 0.1) is 0 Å². The lowest BCUT2D eigenvalue weighted by molar-refractivity contribution is -0.177. The molecule has 0 radical (unpaired) electrons. The Morgan fingerprint density at radius 3 is 2.75 bits per heavy atom. The highest BCUT2D eigenvalue weighted by Gasteiger charge is 2.45. The number of alkyl halides is 3. The van der Waals surface area contributed by atoms with Gasteiger partial charge < -0.3 is 4.90 Å². The minimum atomic E-state index is -4.42. The lowest BCUT2D eigenvalue weighted by Gasteiger charge is -2.31. The molecule has 1 fully saturated rings. The number of aromatic nitrogens is 3. The van der Waals surface area contributed by atoms with Gasteiger partial charge in [0.15, 0.2) is 5.82 Å². The third-order valence-corrected chi connectivity index (χ3v) is 4.12. The van der Waals surface area contributed by atoms with Crippen molar-refractivity contribution in [2.24, 2.45) is 0 Å². The first-order valence-corrected chi connectivity index (χ1v) is 7.80. The number of halogens is 3. The zero-order valence-electron chi connectivity index (χ0n) is 12.9. The summed E-state index contributed by atoms with van der Waals surface area (Å²) in [6.07, 6.45) is 1.91. The minimum absolute atomic E-state index is 0.0493. The van der Waals surface area contributed by atoms with E-state index in [9.17, 15) is 18.0 Å². The van der Waals surface area contributed by atoms with Gasteiger partial charge in [-0.15, -0.1) is 0 Å². The Balaban J connectivity index is 1.90. The molecule has 0 spiro atoms. The van der Waals surface area contributed by atoms with Crippen molar-refractivity contribution in [2.45, 2.75) is 37.9 Å². The van der Waals surface area contributed by atoms with E-state index in [0.29, 0.717) is 25.1 Å². The van der Waals surface area contributed by atoms with E-state index in [1.165, 1.54) is 23.0 Å². The predicted molar refractivity (Wildman–Crippen MR) is 80.7 cm³/mol. The average molecular weight is 338 g/mol. The van der Waals surface area contributed by atoms with Gasteiger partial charge in [0.2, 0.25) is 0 Å².